The Kier molecular flexibility index (Phi) is 4.69. The lowest BCUT2D eigenvalue weighted by molar-refractivity contribution is -0.384. The SMILES string of the molecule is CCOc1ncccc1CNc1ncc([N+](=O)[O-])c(NC2CC2)n1. The van der Waals surface area contributed by atoms with E-state index in [0.717, 1.165) is 18.4 Å². The minimum Gasteiger partial charge on any atom is -0.478 e. The first-order valence-corrected chi connectivity index (χ1v) is 7.76. The van der Waals surface area contributed by atoms with Gasteiger partial charge in [0.05, 0.1) is 11.5 Å². The van der Waals surface area contributed by atoms with Crippen LogP contribution in [0.4, 0.5) is 17.5 Å². The van der Waals surface area contributed by atoms with Gasteiger partial charge in [0, 0.05) is 24.3 Å². The fourth-order valence-electron chi connectivity index (χ4n) is 2.12. The van der Waals surface area contributed by atoms with Crippen molar-refractivity contribution in [3.63, 3.8) is 0 Å². The van der Waals surface area contributed by atoms with Crippen LogP contribution in [-0.2, 0) is 6.54 Å². The van der Waals surface area contributed by atoms with Crippen LogP contribution in [0.5, 0.6) is 5.88 Å². The molecule has 0 aromatic carbocycles. The Morgan fingerprint density at radius 2 is 2.25 bits per heavy atom. The number of anilines is 2. The number of nitro groups is 1. The average Bonchev–Trinajstić information content (AvgIpc) is 3.38. The summed E-state index contributed by atoms with van der Waals surface area (Å²) in [5.74, 6) is 1.11. The van der Waals surface area contributed by atoms with Crippen LogP contribution in [0.2, 0.25) is 0 Å². The third-order valence-electron chi connectivity index (χ3n) is 3.45. The summed E-state index contributed by atoms with van der Waals surface area (Å²) in [5.41, 5.74) is 0.738. The minimum atomic E-state index is -0.483. The van der Waals surface area contributed by atoms with Gasteiger partial charge in [-0.3, -0.25) is 10.1 Å². The van der Waals surface area contributed by atoms with Gasteiger partial charge < -0.3 is 15.4 Å². The molecular weight excluding hydrogens is 312 g/mol. The highest BCUT2D eigenvalue weighted by molar-refractivity contribution is 5.58. The Bertz CT molecular complexity index is 735. The summed E-state index contributed by atoms with van der Waals surface area (Å²) in [6.07, 6.45) is 4.87. The number of rotatable bonds is 8. The number of hydrogen-bond donors (Lipinski definition) is 2. The molecule has 2 heterocycles. The van der Waals surface area contributed by atoms with Gasteiger partial charge in [-0.2, -0.15) is 4.98 Å². The van der Waals surface area contributed by atoms with E-state index in [1.807, 2.05) is 19.1 Å². The number of nitrogens with one attached hydrogen (secondary N) is 2. The molecule has 0 spiro atoms. The van der Waals surface area contributed by atoms with Crippen molar-refractivity contribution in [1.29, 1.82) is 0 Å². The Morgan fingerprint density at radius 3 is 2.96 bits per heavy atom. The van der Waals surface area contributed by atoms with Gasteiger partial charge in [0.15, 0.2) is 0 Å². The number of nitrogens with zero attached hydrogens (tertiary/aromatic N) is 4. The molecule has 2 aromatic heterocycles. The van der Waals surface area contributed by atoms with Gasteiger partial charge in [-0.25, -0.2) is 9.97 Å². The van der Waals surface area contributed by atoms with Crippen LogP contribution in [0, 0.1) is 10.1 Å². The zero-order valence-corrected chi connectivity index (χ0v) is 13.2. The highest BCUT2D eigenvalue weighted by Gasteiger charge is 2.26. The van der Waals surface area contributed by atoms with Crippen LogP contribution in [0.25, 0.3) is 0 Å². The van der Waals surface area contributed by atoms with Crippen molar-refractivity contribution in [1.82, 2.24) is 15.0 Å². The molecule has 9 nitrogen and oxygen atoms in total. The van der Waals surface area contributed by atoms with E-state index in [4.69, 9.17) is 4.74 Å². The fourth-order valence-corrected chi connectivity index (χ4v) is 2.12. The van der Waals surface area contributed by atoms with Gasteiger partial charge >= 0.3 is 5.69 Å². The molecule has 24 heavy (non-hydrogen) atoms. The monoisotopic (exact) mass is 330 g/mol. The molecule has 0 bridgehead atoms. The van der Waals surface area contributed by atoms with Crippen LogP contribution >= 0.6 is 0 Å². The van der Waals surface area contributed by atoms with E-state index in [-0.39, 0.29) is 17.5 Å². The lowest BCUT2D eigenvalue weighted by Crippen LogP contribution is -2.11. The van der Waals surface area contributed by atoms with E-state index in [1.54, 1.807) is 6.20 Å². The summed E-state index contributed by atoms with van der Waals surface area (Å²) in [6.45, 7) is 2.82. The van der Waals surface area contributed by atoms with Crippen LogP contribution < -0.4 is 15.4 Å². The van der Waals surface area contributed by atoms with E-state index in [9.17, 15) is 10.1 Å². The Balaban J connectivity index is 1.74. The smallest absolute Gasteiger partial charge is 0.329 e. The fraction of sp³-hybridized carbons (Fsp3) is 0.400. The molecule has 3 rings (SSSR count). The topological polar surface area (TPSA) is 115 Å². The summed E-state index contributed by atoms with van der Waals surface area (Å²) >= 11 is 0. The maximum atomic E-state index is 11.1. The molecule has 1 saturated carbocycles. The minimum absolute atomic E-state index is 0.121. The van der Waals surface area contributed by atoms with Gasteiger partial charge in [-0.15, -0.1) is 0 Å². The largest absolute Gasteiger partial charge is 0.478 e. The van der Waals surface area contributed by atoms with Gasteiger partial charge in [0.25, 0.3) is 0 Å². The first kappa shape index (κ1) is 15.9. The molecule has 0 amide bonds. The highest BCUT2D eigenvalue weighted by atomic mass is 16.6. The average molecular weight is 330 g/mol. The summed E-state index contributed by atoms with van der Waals surface area (Å²) in [7, 11) is 0. The lowest BCUT2D eigenvalue weighted by Gasteiger charge is -2.10. The third-order valence-corrected chi connectivity index (χ3v) is 3.45. The lowest BCUT2D eigenvalue weighted by atomic mass is 10.2. The van der Waals surface area contributed by atoms with Crippen molar-refractivity contribution < 1.29 is 9.66 Å². The molecule has 0 saturated heterocycles. The Morgan fingerprint density at radius 1 is 1.42 bits per heavy atom. The molecule has 2 aromatic rings. The number of hydrogen-bond acceptors (Lipinski definition) is 8. The summed E-state index contributed by atoms with van der Waals surface area (Å²) in [5, 5.41) is 17.2. The second-order valence-corrected chi connectivity index (χ2v) is 5.36. The second-order valence-electron chi connectivity index (χ2n) is 5.36. The number of ether oxygens (including phenoxy) is 1. The third kappa shape index (κ3) is 3.86. The molecule has 1 fully saturated rings. The molecule has 9 heteroatoms. The maximum absolute atomic E-state index is 11.1. The molecule has 0 radical (unpaired) electrons. The molecule has 0 aliphatic heterocycles. The molecular formula is C15H18N6O3. The van der Waals surface area contributed by atoms with E-state index in [1.165, 1.54) is 6.20 Å². The number of pyridine rings is 1. The van der Waals surface area contributed by atoms with Crippen molar-refractivity contribution >= 4 is 17.5 Å². The quantitative estimate of drug-likeness (QED) is 0.560. The molecule has 0 atom stereocenters. The standard InChI is InChI=1S/C15H18N6O3/c1-2-24-14-10(4-3-7-16-14)8-17-15-18-9-12(21(22)23)13(20-15)19-11-5-6-11/h3-4,7,9,11H,2,5-6,8H2,1H3,(H2,17,18,19,20). The normalized spacial score (nSPS) is 13.4. The zero-order valence-electron chi connectivity index (χ0n) is 13.2. The second kappa shape index (κ2) is 7.07. The van der Waals surface area contributed by atoms with E-state index in [0.29, 0.717) is 25.0 Å². The zero-order chi connectivity index (χ0) is 16.9. The maximum Gasteiger partial charge on any atom is 0.329 e. The predicted molar refractivity (Wildman–Crippen MR) is 88.1 cm³/mol. The molecule has 0 unspecified atom stereocenters. The molecule has 1 aliphatic carbocycles. The molecule has 2 N–H and O–H groups in total. The van der Waals surface area contributed by atoms with E-state index >= 15 is 0 Å². The summed E-state index contributed by atoms with van der Waals surface area (Å²) in [6, 6.07) is 3.96. The first-order chi connectivity index (χ1) is 11.7. The van der Waals surface area contributed by atoms with Crippen molar-refractivity contribution in [3.8, 4) is 5.88 Å². The Labute approximate surface area is 138 Å². The van der Waals surface area contributed by atoms with Crippen LogP contribution in [0.1, 0.15) is 25.3 Å². The molecule has 126 valence electrons. The van der Waals surface area contributed by atoms with Crippen molar-refractivity contribution in [2.75, 3.05) is 17.2 Å². The van der Waals surface area contributed by atoms with Gasteiger partial charge in [-0.05, 0) is 25.8 Å². The Hall–Kier alpha value is -2.97. The van der Waals surface area contributed by atoms with E-state index < -0.39 is 4.92 Å². The van der Waals surface area contributed by atoms with Gasteiger partial charge in [-0.1, -0.05) is 6.07 Å². The molecule has 1 aliphatic rings. The predicted octanol–water partition coefficient (Wildman–Crippen LogP) is 2.36. The van der Waals surface area contributed by atoms with Gasteiger partial charge in [0.2, 0.25) is 17.6 Å². The number of aromatic nitrogens is 3. The van der Waals surface area contributed by atoms with Crippen LogP contribution in [0.3, 0.4) is 0 Å². The van der Waals surface area contributed by atoms with Crippen LogP contribution in [0.15, 0.2) is 24.5 Å². The van der Waals surface area contributed by atoms with Crippen molar-refractivity contribution in [2.24, 2.45) is 0 Å². The van der Waals surface area contributed by atoms with Crippen molar-refractivity contribution in [2.45, 2.75) is 32.4 Å². The summed E-state index contributed by atoms with van der Waals surface area (Å²) in [4.78, 5) is 23.0. The van der Waals surface area contributed by atoms with E-state index in [2.05, 4.69) is 25.6 Å². The first-order valence-electron chi connectivity index (χ1n) is 7.76. The van der Waals surface area contributed by atoms with Gasteiger partial charge in [0.1, 0.15) is 6.20 Å². The summed E-state index contributed by atoms with van der Waals surface area (Å²) < 4.78 is 5.47. The van der Waals surface area contributed by atoms with Crippen LogP contribution in [-0.4, -0.2) is 32.5 Å². The van der Waals surface area contributed by atoms with Crippen molar-refractivity contribution in [3.05, 3.63) is 40.2 Å². The highest BCUT2D eigenvalue weighted by Crippen LogP contribution is 2.29.